The van der Waals surface area contributed by atoms with Crippen LogP contribution in [0.3, 0.4) is 0 Å². The summed E-state index contributed by atoms with van der Waals surface area (Å²) < 4.78 is 5.03. The van der Waals surface area contributed by atoms with Gasteiger partial charge in [-0.25, -0.2) is 0 Å². The molecule has 0 spiro atoms. The molecular weight excluding hydrogens is 212 g/mol. The molecule has 0 heterocycles. The lowest BCUT2D eigenvalue weighted by Crippen LogP contribution is -2.41. The van der Waals surface area contributed by atoms with Crippen molar-refractivity contribution in [1.82, 2.24) is 10.2 Å². The molecule has 0 amide bonds. The van der Waals surface area contributed by atoms with E-state index in [2.05, 4.69) is 24.2 Å². The summed E-state index contributed by atoms with van der Waals surface area (Å²) in [5.74, 6) is 0.940. The molecule has 0 bridgehead atoms. The fraction of sp³-hybridized carbons (Fsp3) is 1.00. The van der Waals surface area contributed by atoms with E-state index in [1.54, 1.807) is 7.11 Å². The van der Waals surface area contributed by atoms with Gasteiger partial charge in [-0.3, -0.25) is 0 Å². The number of hydrogen-bond acceptors (Lipinski definition) is 3. The number of methoxy groups -OCH3 is 1. The van der Waals surface area contributed by atoms with E-state index < -0.39 is 0 Å². The van der Waals surface area contributed by atoms with Crippen molar-refractivity contribution < 1.29 is 4.74 Å². The largest absolute Gasteiger partial charge is 0.383 e. The summed E-state index contributed by atoms with van der Waals surface area (Å²) in [4.78, 5) is 2.51. The van der Waals surface area contributed by atoms with Gasteiger partial charge in [0.2, 0.25) is 0 Å². The van der Waals surface area contributed by atoms with Crippen LogP contribution >= 0.6 is 0 Å². The normalized spacial score (nSPS) is 19.8. The van der Waals surface area contributed by atoms with Crippen LogP contribution in [0.1, 0.15) is 39.0 Å². The van der Waals surface area contributed by atoms with Gasteiger partial charge in [-0.05, 0) is 32.7 Å². The minimum atomic E-state index is 0.619. The molecule has 102 valence electrons. The molecule has 3 nitrogen and oxygen atoms in total. The van der Waals surface area contributed by atoms with Gasteiger partial charge in [0.05, 0.1) is 6.61 Å². The van der Waals surface area contributed by atoms with Gasteiger partial charge in [-0.1, -0.05) is 19.3 Å². The summed E-state index contributed by atoms with van der Waals surface area (Å²) in [6.07, 6.45) is 7.22. The second-order valence-electron chi connectivity index (χ2n) is 5.49. The van der Waals surface area contributed by atoms with Crippen molar-refractivity contribution >= 4 is 0 Å². The molecule has 0 aromatic carbocycles. The Labute approximate surface area is 107 Å². The minimum Gasteiger partial charge on any atom is -0.383 e. The topological polar surface area (TPSA) is 24.5 Å². The Morgan fingerprint density at radius 2 is 2.00 bits per heavy atom. The summed E-state index contributed by atoms with van der Waals surface area (Å²) in [6, 6.07) is 0.619. The van der Waals surface area contributed by atoms with Gasteiger partial charge in [-0.2, -0.15) is 0 Å². The SMILES string of the molecule is COCCNCC(C)N(C)CC1CCCCC1. The molecule has 1 rings (SSSR count). The van der Waals surface area contributed by atoms with E-state index in [4.69, 9.17) is 4.74 Å². The van der Waals surface area contributed by atoms with Gasteiger partial charge in [0.15, 0.2) is 0 Å². The Balaban J connectivity index is 2.10. The van der Waals surface area contributed by atoms with Gasteiger partial charge in [0.1, 0.15) is 0 Å². The van der Waals surface area contributed by atoms with Crippen LogP contribution in [0.25, 0.3) is 0 Å². The maximum Gasteiger partial charge on any atom is 0.0587 e. The Hall–Kier alpha value is -0.120. The van der Waals surface area contributed by atoms with Crippen molar-refractivity contribution in [3.05, 3.63) is 0 Å². The molecule has 1 unspecified atom stereocenters. The molecule has 1 atom stereocenters. The zero-order chi connectivity index (χ0) is 12.5. The molecule has 1 N–H and O–H groups in total. The number of nitrogens with one attached hydrogen (secondary N) is 1. The molecule has 1 aliphatic carbocycles. The Morgan fingerprint density at radius 1 is 1.29 bits per heavy atom. The summed E-state index contributed by atoms with van der Waals surface area (Å²) in [6.45, 7) is 6.40. The lowest BCUT2D eigenvalue weighted by molar-refractivity contribution is 0.176. The molecule has 1 saturated carbocycles. The first-order valence-corrected chi connectivity index (χ1v) is 7.14. The first-order valence-electron chi connectivity index (χ1n) is 7.14. The van der Waals surface area contributed by atoms with E-state index in [-0.39, 0.29) is 0 Å². The number of hydrogen-bond donors (Lipinski definition) is 1. The van der Waals surface area contributed by atoms with E-state index in [1.165, 1.54) is 38.6 Å². The van der Waals surface area contributed by atoms with Crippen LogP contribution in [0.5, 0.6) is 0 Å². The molecule has 0 aromatic heterocycles. The number of ether oxygens (including phenoxy) is 1. The number of likely N-dealkylation sites (N-methyl/N-ethyl adjacent to an activating group) is 1. The van der Waals surface area contributed by atoms with Crippen LogP contribution in [-0.2, 0) is 4.74 Å². The molecular formula is C14H30N2O. The van der Waals surface area contributed by atoms with E-state index in [1.807, 2.05) is 0 Å². The summed E-state index contributed by atoms with van der Waals surface area (Å²) in [5, 5.41) is 3.44. The Bertz CT molecular complexity index is 181. The van der Waals surface area contributed by atoms with Crippen molar-refractivity contribution in [3.8, 4) is 0 Å². The monoisotopic (exact) mass is 242 g/mol. The van der Waals surface area contributed by atoms with Crippen LogP contribution in [0, 0.1) is 5.92 Å². The molecule has 17 heavy (non-hydrogen) atoms. The molecule has 3 heteroatoms. The quantitative estimate of drug-likeness (QED) is 0.660. The standard InChI is InChI=1S/C14H30N2O/c1-13(11-15-9-10-17-3)16(2)12-14-7-5-4-6-8-14/h13-15H,4-12H2,1-3H3. The van der Waals surface area contributed by atoms with Crippen LogP contribution in [0.2, 0.25) is 0 Å². The maximum absolute atomic E-state index is 5.03. The zero-order valence-corrected chi connectivity index (χ0v) is 11.9. The van der Waals surface area contributed by atoms with Crippen molar-refractivity contribution in [1.29, 1.82) is 0 Å². The summed E-state index contributed by atoms with van der Waals surface area (Å²) in [7, 11) is 4.01. The fourth-order valence-electron chi connectivity index (χ4n) is 2.60. The first kappa shape index (κ1) is 14.9. The predicted molar refractivity (Wildman–Crippen MR) is 73.4 cm³/mol. The average Bonchev–Trinajstić information content (AvgIpc) is 2.35. The average molecular weight is 242 g/mol. The van der Waals surface area contributed by atoms with Gasteiger partial charge in [-0.15, -0.1) is 0 Å². The predicted octanol–water partition coefficient (Wildman–Crippen LogP) is 2.12. The van der Waals surface area contributed by atoms with Crippen LogP contribution in [-0.4, -0.2) is 51.3 Å². The van der Waals surface area contributed by atoms with Crippen molar-refractivity contribution in [2.24, 2.45) is 5.92 Å². The highest BCUT2D eigenvalue weighted by Gasteiger charge is 2.17. The molecule has 1 fully saturated rings. The van der Waals surface area contributed by atoms with Gasteiger partial charge < -0.3 is 15.0 Å². The van der Waals surface area contributed by atoms with Crippen LogP contribution in [0.15, 0.2) is 0 Å². The van der Waals surface area contributed by atoms with E-state index in [9.17, 15) is 0 Å². The van der Waals surface area contributed by atoms with E-state index in [0.717, 1.165) is 25.6 Å². The summed E-state index contributed by atoms with van der Waals surface area (Å²) in [5.41, 5.74) is 0. The van der Waals surface area contributed by atoms with Gasteiger partial charge in [0, 0.05) is 32.8 Å². The third-order valence-corrected chi connectivity index (χ3v) is 3.95. The number of rotatable bonds is 8. The zero-order valence-electron chi connectivity index (χ0n) is 11.9. The third kappa shape index (κ3) is 6.39. The lowest BCUT2D eigenvalue weighted by Gasteiger charge is -2.31. The molecule has 1 aliphatic rings. The molecule has 0 saturated heterocycles. The highest BCUT2D eigenvalue weighted by Crippen LogP contribution is 2.24. The van der Waals surface area contributed by atoms with Crippen molar-refractivity contribution in [2.75, 3.05) is 40.4 Å². The third-order valence-electron chi connectivity index (χ3n) is 3.95. The van der Waals surface area contributed by atoms with Gasteiger partial charge >= 0.3 is 0 Å². The van der Waals surface area contributed by atoms with Crippen molar-refractivity contribution in [3.63, 3.8) is 0 Å². The maximum atomic E-state index is 5.03. The molecule has 0 aromatic rings. The minimum absolute atomic E-state index is 0.619. The van der Waals surface area contributed by atoms with Crippen LogP contribution < -0.4 is 5.32 Å². The number of nitrogens with zero attached hydrogens (tertiary/aromatic N) is 1. The Kier molecular flexibility index (Phi) is 7.82. The molecule has 0 aliphatic heterocycles. The summed E-state index contributed by atoms with van der Waals surface area (Å²) >= 11 is 0. The smallest absolute Gasteiger partial charge is 0.0587 e. The van der Waals surface area contributed by atoms with E-state index >= 15 is 0 Å². The Morgan fingerprint density at radius 3 is 2.65 bits per heavy atom. The van der Waals surface area contributed by atoms with Crippen molar-refractivity contribution in [2.45, 2.75) is 45.1 Å². The highest BCUT2D eigenvalue weighted by atomic mass is 16.5. The molecule has 0 radical (unpaired) electrons. The second kappa shape index (κ2) is 8.90. The van der Waals surface area contributed by atoms with Crippen LogP contribution in [0.4, 0.5) is 0 Å². The van der Waals surface area contributed by atoms with E-state index in [0.29, 0.717) is 6.04 Å². The fourth-order valence-corrected chi connectivity index (χ4v) is 2.60. The first-order chi connectivity index (χ1) is 8.24. The van der Waals surface area contributed by atoms with Gasteiger partial charge in [0.25, 0.3) is 0 Å². The second-order valence-corrected chi connectivity index (χ2v) is 5.49. The lowest BCUT2D eigenvalue weighted by atomic mass is 9.89. The highest BCUT2D eigenvalue weighted by molar-refractivity contribution is 4.73.